The van der Waals surface area contributed by atoms with Crippen molar-refractivity contribution in [3.63, 3.8) is 0 Å². The third kappa shape index (κ3) is 4.62. The topological polar surface area (TPSA) is 87.2 Å². The van der Waals surface area contributed by atoms with E-state index in [2.05, 4.69) is 4.90 Å². The van der Waals surface area contributed by atoms with E-state index < -0.39 is 5.97 Å². The van der Waals surface area contributed by atoms with Gasteiger partial charge in [-0.1, -0.05) is 30.4 Å². The van der Waals surface area contributed by atoms with Crippen LogP contribution in [-0.2, 0) is 23.9 Å². The number of anilines is 1. The summed E-state index contributed by atoms with van der Waals surface area (Å²) >= 11 is 0. The number of allylic oxidation sites excluding steroid dienone is 2. The Balaban J connectivity index is 1.18. The summed E-state index contributed by atoms with van der Waals surface area (Å²) in [4.78, 5) is 54.4. The van der Waals surface area contributed by atoms with Crippen molar-refractivity contribution >= 4 is 29.4 Å². The molecule has 164 valence electrons. The van der Waals surface area contributed by atoms with Crippen LogP contribution in [0.3, 0.4) is 0 Å². The van der Waals surface area contributed by atoms with E-state index in [4.69, 9.17) is 4.74 Å². The van der Waals surface area contributed by atoms with Crippen molar-refractivity contribution in [2.45, 2.75) is 19.3 Å². The van der Waals surface area contributed by atoms with Crippen LogP contribution >= 0.6 is 0 Å². The van der Waals surface area contributed by atoms with Crippen molar-refractivity contribution in [2.75, 3.05) is 44.2 Å². The Labute approximate surface area is 181 Å². The molecule has 2 saturated heterocycles. The molecule has 0 unspecified atom stereocenters. The van der Waals surface area contributed by atoms with Crippen LogP contribution in [0.4, 0.5) is 5.69 Å². The summed E-state index contributed by atoms with van der Waals surface area (Å²) in [6.45, 7) is 2.27. The van der Waals surface area contributed by atoms with Gasteiger partial charge >= 0.3 is 5.97 Å². The second-order valence-corrected chi connectivity index (χ2v) is 8.10. The van der Waals surface area contributed by atoms with Gasteiger partial charge in [-0.2, -0.15) is 0 Å². The normalized spacial score (nSPS) is 23.2. The third-order valence-corrected chi connectivity index (χ3v) is 6.25. The number of rotatable bonds is 6. The summed E-state index contributed by atoms with van der Waals surface area (Å²) in [6, 6.07) is 10.0. The van der Waals surface area contributed by atoms with E-state index in [9.17, 15) is 19.2 Å². The summed E-state index contributed by atoms with van der Waals surface area (Å²) in [7, 11) is 0. The number of likely N-dealkylation sites (tertiary alicyclic amines) is 1. The highest BCUT2D eigenvalue weighted by Gasteiger charge is 2.46. The van der Waals surface area contributed by atoms with Crippen molar-refractivity contribution in [1.82, 2.24) is 9.80 Å². The van der Waals surface area contributed by atoms with Gasteiger partial charge in [-0.3, -0.25) is 24.1 Å². The maximum atomic E-state index is 12.4. The summed E-state index contributed by atoms with van der Waals surface area (Å²) < 4.78 is 5.11. The Kier molecular flexibility index (Phi) is 6.34. The minimum Gasteiger partial charge on any atom is -0.456 e. The monoisotopic (exact) mass is 425 g/mol. The van der Waals surface area contributed by atoms with Gasteiger partial charge < -0.3 is 14.5 Å². The number of para-hydroxylation sites is 1. The Morgan fingerprint density at radius 1 is 0.903 bits per heavy atom. The molecule has 3 aliphatic rings. The predicted octanol–water partition coefficient (Wildman–Crippen LogP) is 1.22. The van der Waals surface area contributed by atoms with Gasteiger partial charge in [0.2, 0.25) is 11.8 Å². The van der Waals surface area contributed by atoms with Gasteiger partial charge in [-0.05, 0) is 25.0 Å². The Morgan fingerprint density at radius 2 is 1.52 bits per heavy atom. The molecule has 0 radical (unpaired) electrons. The van der Waals surface area contributed by atoms with Gasteiger partial charge in [0, 0.05) is 38.4 Å². The number of nitrogens with zero attached hydrogens (tertiary/aromatic N) is 3. The zero-order chi connectivity index (χ0) is 21.8. The van der Waals surface area contributed by atoms with Crippen LogP contribution in [0.5, 0.6) is 0 Å². The molecule has 8 heteroatoms. The van der Waals surface area contributed by atoms with Crippen molar-refractivity contribution in [2.24, 2.45) is 11.8 Å². The second-order valence-electron chi connectivity index (χ2n) is 8.10. The number of imide groups is 1. The van der Waals surface area contributed by atoms with Gasteiger partial charge in [0.05, 0.1) is 18.3 Å². The fourth-order valence-corrected chi connectivity index (χ4v) is 4.45. The molecule has 3 amide bonds. The molecule has 0 N–H and O–H groups in total. The highest BCUT2D eigenvalue weighted by atomic mass is 16.5. The van der Waals surface area contributed by atoms with E-state index in [1.807, 2.05) is 42.5 Å². The maximum Gasteiger partial charge on any atom is 0.308 e. The van der Waals surface area contributed by atoms with Crippen LogP contribution in [0, 0.1) is 11.8 Å². The molecule has 0 spiro atoms. The minimum absolute atomic E-state index is 0.00738. The first-order valence-electron chi connectivity index (χ1n) is 10.8. The summed E-state index contributed by atoms with van der Waals surface area (Å²) in [5.74, 6) is -1.83. The van der Waals surface area contributed by atoms with E-state index in [0.717, 1.165) is 18.8 Å². The SMILES string of the molecule is O=C(CCN1C(=O)[C@H]2CC=CC[C@@H]2C1=O)OCC(=O)N1CCN(c2ccccc2)CC1. The number of fused-ring (bicyclic) bond motifs is 1. The minimum atomic E-state index is -0.579. The lowest BCUT2D eigenvalue weighted by atomic mass is 9.85. The molecule has 2 atom stereocenters. The van der Waals surface area contributed by atoms with E-state index in [0.29, 0.717) is 25.9 Å². The molecule has 8 nitrogen and oxygen atoms in total. The smallest absolute Gasteiger partial charge is 0.308 e. The summed E-state index contributed by atoms with van der Waals surface area (Å²) in [5.41, 5.74) is 1.13. The number of ether oxygens (including phenoxy) is 1. The van der Waals surface area contributed by atoms with Gasteiger partial charge in [0.15, 0.2) is 6.61 Å². The first-order valence-corrected chi connectivity index (χ1v) is 10.8. The molecule has 1 aliphatic carbocycles. The van der Waals surface area contributed by atoms with Crippen molar-refractivity contribution < 1.29 is 23.9 Å². The second kappa shape index (κ2) is 9.32. The van der Waals surface area contributed by atoms with Crippen LogP contribution in [-0.4, -0.2) is 72.8 Å². The molecule has 0 aromatic heterocycles. The highest BCUT2D eigenvalue weighted by Crippen LogP contribution is 2.35. The molecule has 31 heavy (non-hydrogen) atoms. The van der Waals surface area contributed by atoms with Gasteiger partial charge in [0.25, 0.3) is 5.91 Å². The van der Waals surface area contributed by atoms with E-state index in [-0.39, 0.29) is 49.1 Å². The number of piperazine rings is 1. The largest absolute Gasteiger partial charge is 0.456 e. The number of esters is 1. The molecule has 1 aromatic rings. The summed E-state index contributed by atoms with van der Waals surface area (Å²) in [6.07, 6.45) is 4.90. The van der Waals surface area contributed by atoms with E-state index >= 15 is 0 Å². The molecule has 0 bridgehead atoms. The van der Waals surface area contributed by atoms with Crippen LogP contribution in [0.15, 0.2) is 42.5 Å². The van der Waals surface area contributed by atoms with Crippen molar-refractivity contribution in [3.8, 4) is 0 Å². The average Bonchev–Trinajstić information content (AvgIpc) is 3.06. The summed E-state index contributed by atoms with van der Waals surface area (Å²) in [5, 5.41) is 0. The third-order valence-electron chi connectivity index (χ3n) is 6.25. The highest BCUT2D eigenvalue weighted by molar-refractivity contribution is 6.05. The molecule has 2 heterocycles. The van der Waals surface area contributed by atoms with Crippen molar-refractivity contribution in [1.29, 1.82) is 0 Å². The first kappa shape index (κ1) is 21.1. The predicted molar refractivity (Wildman–Crippen MR) is 113 cm³/mol. The fourth-order valence-electron chi connectivity index (χ4n) is 4.45. The number of amides is 3. The standard InChI is InChI=1S/C23H27N3O5/c27-20(25-14-12-24(13-15-25)17-6-2-1-3-7-17)16-31-21(28)10-11-26-22(29)18-8-4-5-9-19(18)23(26)30/h1-7,18-19H,8-16H2/t18-,19-/m0/s1. The zero-order valence-corrected chi connectivity index (χ0v) is 17.4. The molecule has 0 saturated carbocycles. The van der Waals surface area contributed by atoms with Gasteiger partial charge in [-0.25, -0.2) is 0 Å². The number of carbonyl (C=O) groups is 4. The van der Waals surface area contributed by atoms with E-state index in [1.54, 1.807) is 4.90 Å². The first-order chi connectivity index (χ1) is 15.0. The van der Waals surface area contributed by atoms with Gasteiger partial charge in [-0.15, -0.1) is 0 Å². The maximum absolute atomic E-state index is 12.4. The van der Waals surface area contributed by atoms with Crippen LogP contribution in [0.25, 0.3) is 0 Å². The van der Waals surface area contributed by atoms with Crippen LogP contribution < -0.4 is 4.90 Å². The van der Waals surface area contributed by atoms with Crippen molar-refractivity contribution in [3.05, 3.63) is 42.5 Å². The molecular formula is C23H27N3O5. The molecular weight excluding hydrogens is 398 g/mol. The molecule has 1 aromatic carbocycles. The fraction of sp³-hybridized carbons (Fsp3) is 0.478. The lowest BCUT2D eigenvalue weighted by Gasteiger charge is -2.36. The van der Waals surface area contributed by atoms with Crippen LogP contribution in [0.1, 0.15) is 19.3 Å². The number of hydrogen-bond donors (Lipinski definition) is 0. The quantitative estimate of drug-likeness (QED) is 0.387. The zero-order valence-electron chi connectivity index (χ0n) is 17.4. The number of carbonyl (C=O) groups excluding carboxylic acids is 4. The van der Waals surface area contributed by atoms with Gasteiger partial charge in [0.1, 0.15) is 0 Å². The van der Waals surface area contributed by atoms with Crippen LogP contribution in [0.2, 0.25) is 0 Å². The van der Waals surface area contributed by atoms with E-state index in [1.165, 1.54) is 4.90 Å². The lowest BCUT2D eigenvalue weighted by molar-refractivity contribution is -0.153. The Morgan fingerprint density at radius 3 is 2.13 bits per heavy atom. The molecule has 2 fully saturated rings. The Hall–Kier alpha value is -3.16. The lowest BCUT2D eigenvalue weighted by Crippen LogP contribution is -2.50. The molecule has 2 aliphatic heterocycles. The average molecular weight is 425 g/mol. The Bertz CT molecular complexity index is 850. The number of benzene rings is 1. The number of hydrogen-bond acceptors (Lipinski definition) is 6. The molecule has 4 rings (SSSR count).